The van der Waals surface area contributed by atoms with E-state index in [0.717, 1.165) is 17.3 Å². The molecule has 9 heteroatoms. The van der Waals surface area contributed by atoms with Crippen LogP contribution in [0.25, 0.3) is 0 Å². The zero-order valence-electron chi connectivity index (χ0n) is 11.9. The Balaban J connectivity index is 2.01. The minimum atomic E-state index is -1.01. The summed E-state index contributed by atoms with van der Waals surface area (Å²) in [6, 6.07) is 3.63. The molecule has 0 amide bonds. The fraction of sp³-hybridized carbons (Fsp3) is 0.214. The molecule has 0 fully saturated rings. The summed E-state index contributed by atoms with van der Waals surface area (Å²) in [6.45, 7) is 1.51. The molecular formula is C14H12Cl2FN3O2S. The van der Waals surface area contributed by atoms with Crippen molar-refractivity contribution in [2.75, 3.05) is 5.73 Å². The number of nitrogens with zero attached hydrogens (tertiary/aromatic N) is 2. The average molecular weight is 376 g/mol. The minimum Gasteiger partial charge on any atom is -0.464 e. The van der Waals surface area contributed by atoms with Crippen LogP contribution in [-0.2, 0) is 10.5 Å². The topological polar surface area (TPSA) is 78.1 Å². The predicted octanol–water partition coefficient (Wildman–Crippen LogP) is 3.73. The third-order valence-electron chi connectivity index (χ3n) is 2.77. The number of ether oxygens (including phenoxy) is 1. The quantitative estimate of drug-likeness (QED) is 0.802. The van der Waals surface area contributed by atoms with Gasteiger partial charge in [-0.1, -0.05) is 41.0 Å². The molecule has 2 aromatic rings. The summed E-state index contributed by atoms with van der Waals surface area (Å²) in [4.78, 5) is 19.5. The van der Waals surface area contributed by atoms with Crippen LogP contribution in [0.2, 0.25) is 10.0 Å². The molecule has 23 heavy (non-hydrogen) atoms. The van der Waals surface area contributed by atoms with Crippen molar-refractivity contribution < 1.29 is 13.9 Å². The number of aromatic nitrogens is 2. The first-order valence-corrected chi connectivity index (χ1v) is 8.16. The maximum Gasteiger partial charge on any atom is 0.238 e. The highest BCUT2D eigenvalue weighted by Crippen LogP contribution is 2.35. The van der Waals surface area contributed by atoms with Gasteiger partial charge >= 0.3 is 0 Å². The molecule has 2 rings (SSSR count). The van der Waals surface area contributed by atoms with E-state index in [-0.39, 0.29) is 26.7 Å². The lowest BCUT2D eigenvalue weighted by Crippen LogP contribution is -2.22. The molecule has 0 saturated carbocycles. The maximum absolute atomic E-state index is 13.5. The smallest absolute Gasteiger partial charge is 0.238 e. The van der Waals surface area contributed by atoms with Crippen molar-refractivity contribution in [1.29, 1.82) is 0 Å². The largest absolute Gasteiger partial charge is 0.464 e. The number of anilines is 1. The highest BCUT2D eigenvalue weighted by atomic mass is 35.5. The zero-order valence-corrected chi connectivity index (χ0v) is 14.3. The Labute approximate surface area is 146 Å². The normalized spacial score (nSPS) is 12.0. The molecule has 0 aliphatic carbocycles. The van der Waals surface area contributed by atoms with Crippen LogP contribution in [0.3, 0.4) is 0 Å². The molecule has 5 nitrogen and oxygen atoms in total. The number of hydrogen-bond acceptors (Lipinski definition) is 6. The third-order valence-corrected chi connectivity index (χ3v) is 4.58. The van der Waals surface area contributed by atoms with Gasteiger partial charge in [-0.3, -0.25) is 9.78 Å². The van der Waals surface area contributed by atoms with Gasteiger partial charge in [0.2, 0.25) is 16.9 Å². The number of nitrogen functional groups attached to an aromatic ring is 1. The lowest BCUT2D eigenvalue weighted by atomic mass is 10.3. The van der Waals surface area contributed by atoms with E-state index in [1.165, 1.54) is 6.92 Å². The van der Waals surface area contributed by atoms with Crippen molar-refractivity contribution in [2.45, 2.75) is 18.8 Å². The highest BCUT2D eigenvalue weighted by Gasteiger charge is 2.21. The number of halogens is 3. The van der Waals surface area contributed by atoms with Crippen molar-refractivity contribution in [1.82, 2.24) is 9.97 Å². The van der Waals surface area contributed by atoms with Gasteiger partial charge in [-0.25, -0.2) is 0 Å². The van der Waals surface area contributed by atoms with Crippen molar-refractivity contribution in [3.8, 4) is 5.88 Å². The summed E-state index contributed by atoms with van der Waals surface area (Å²) in [5.74, 6) is -0.835. The fourth-order valence-corrected chi connectivity index (χ4v) is 2.69. The molecule has 1 atom stereocenters. The van der Waals surface area contributed by atoms with Crippen LogP contribution >= 0.6 is 35.0 Å². The van der Waals surface area contributed by atoms with Gasteiger partial charge in [0.05, 0.1) is 5.69 Å². The first kappa shape index (κ1) is 17.8. The van der Waals surface area contributed by atoms with E-state index in [9.17, 15) is 9.18 Å². The SMILES string of the molecule is C[C@@H](Oc1nc(F)c(Cl)c(N)c1Cl)C(=O)SCc1cccnc1. The molecule has 2 N–H and O–H groups in total. The molecule has 0 aliphatic heterocycles. The van der Waals surface area contributed by atoms with Crippen LogP contribution < -0.4 is 10.5 Å². The Morgan fingerprint density at radius 2 is 2.22 bits per heavy atom. The standard InChI is InChI=1S/C14H12Cl2FN3O2S/c1-7(14(21)23-6-8-3-2-4-19-5-8)22-13-10(16)11(18)9(15)12(17)20-13/h2-5,7H,6H2,1H3,(H2,18,20)/t7-/m1/s1. The summed E-state index contributed by atoms with van der Waals surface area (Å²) < 4.78 is 18.8. The molecule has 0 bridgehead atoms. The van der Waals surface area contributed by atoms with Gasteiger partial charge in [-0.05, 0) is 18.6 Å². The van der Waals surface area contributed by atoms with Crippen LogP contribution in [0.5, 0.6) is 5.88 Å². The van der Waals surface area contributed by atoms with Gasteiger partial charge in [0.15, 0.2) is 6.10 Å². The monoisotopic (exact) mass is 375 g/mol. The molecule has 0 aromatic carbocycles. The number of rotatable bonds is 5. The van der Waals surface area contributed by atoms with E-state index >= 15 is 0 Å². The second-order valence-corrected chi connectivity index (χ2v) is 6.21. The van der Waals surface area contributed by atoms with Crippen LogP contribution in [0.4, 0.5) is 10.1 Å². The van der Waals surface area contributed by atoms with E-state index in [2.05, 4.69) is 9.97 Å². The predicted molar refractivity (Wildman–Crippen MR) is 89.3 cm³/mol. The van der Waals surface area contributed by atoms with Gasteiger partial charge in [-0.2, -0.15) is 9.37 Å². The maximum atomic E-state index is 13.5. The first-order chi connectivity index (χ1) is 10.9. The van der Waals surface area contributed by atoms with Gasteiger partial charge < -0.3 is 10.5 Å². The van der Waals surface area contributed by atoms with Crippen LogP contribution in [0, 0.1) is 5.95 Å². The van der Waals surface area contributed by atoms with Crippen molar-refractivity contribution in [3.63, 3.8) is 0 Å². The Kier molecular flexibility index (Phi) is 6.04. The van der Waals surface area contributed by atoms with Gasteiger partial charge in [0.25, 0.3) is 0 Å². The summed E-state index contributed by atoms with van der Waals surface area (Å²) in [5.41, 5.74) is 6.27. The van der Waals surface area contributed by atoms with E-state index < -0.39 is 12.1 Å². The summed E-state index contributed by atoms with van der Waals surface area (Å²) in [5, 5.41) is -0.777. The minimum absolute atomic E-state index is 0.131. The zero-order chi connectivity index (χ0) is 17.0. The number of carbonyl (C=O) groups excluding carboxylic acids is 1. The second kappa shape index (κ2) is 7.81. The van der Waals surface area contributed by atoms with E-state index in [4.69, 9.17) is 33.7 Å². The van der Waals surface area contributed by atoms with Gasteiger partial charge in [-0.15, -0.1) is 0 Å². The number of thioether (sulfide) groups is 1. The fourth-order valence-electron chi connectivity index (χ4n) is 1.56. The second-order valence-electron chi connectivity index (χ2n) is 4.48. The van der Waals surface area contributed by atoms with E-state index in [0.29, 0.717) is 5.75 Å². The van der Waals surface area contributed by atoms with Crippen LogP contribution in [0.15, 0.2) is 24.5 Å². The molecule has 0 unspecified atom stereocenters. The highest BCUT2D eigenvalue weighted by molar-refractivity contribution is 8.13. The third kappa shape index (κ3) is 4.46. The Morgan fingerprint density at radius 1 is 1.48 bits per heavy atom. The van der Waals surface area contributed by atoms with Gasteiger partial charge in [0, 0.05) is 18.1 Å². The number of hydrogen-bond donors (Lipinski definition) is 1. The van der Waals surface area contributed by atoms with Crippen molar-refractivity contribution >= 4 is 45.8 Å². The van der Waals surface area contributed by atoms with Crippen molar-refractivity contribution in [3.05, 3.63) is 46.1 Å². The van der Waals surface area contributed by atoms with Crippen LogP contribution in [0.1, 0.15) is 12.5 Å². The molecule has 2 aromatic heterocycles. The molecule has 2 heterocycles. The molecular weight excluding hydrogens is 364 g/mol. The average Bonchev–Trinajstić information content (AvgIpc) is 2.56. The summed E-state index contributed by atoms with van der Waals surface area (Å²) >= 11 is 12.5. The Morgan fingerprint density at radius 3 is 2.87 bits per heavy atom. The van der Waals surface area contributed by atoms with Crippen molar-refractivity contribution in [2.24, 2.45) is 0 Å². The Bertz CT molecular complexity index is 719. The first-order valence-electron chi connectivity index (χ1n) is 6.42. The molecule has 0 aliphatic rings. The van der Waals surface area contributed by atoms with E-state index in [1.54, 1.807) is 18.5 Å². The number of nitrogens with two attached hydrogens (primary N) is 1. The molecule has 0 radical (unpaired) electrons. The number of pyridine rings is 2. The molecule has 122 valence electrons. The summed E-state index contributed by atoms with van der Waals surface area (Å²) in [7, 11) is 0. The van der Waals surface area contributed by atoms with E-state index in [1.807, 2.05) is 6.07 Å². The molecule has 0 spiro atoms. The number of carbonyl (C=O) groups is 1. The molecule has 0 saturated heterocycles. The lowest BCUT2D eigenvalue weighted by molar-refractivity contribution is -0.116. The van der Waals surface area contributed by atoms with Crippen LogP contribution in [-0.4, -0.2) is 21.2 Å². The van der Waals surface area contributed by atoms with Gasteiger partial charge in [0.1, 0.15) is 10.0 Å². The summed E-state index contributed by atoms with van der Waals surface area (Å²) in [6.07, 6.45) is 2.43. The Hall–Kier alpha value is -1.57. The lowest BCUT2D eigenvalue weighted by Gasteiger charge is -2.14.